The molecule has 1 N–H and O–H groups in total. The van der Waals surface area contributed by atoms with Crippen LogP contribution in [0, 0.1) is 11.6 Å². The largest absolute Gasteiger partial charge is 0.372 e. The summed E-state index contributed by atoms with van der Waals surface area (Å²) in [4.78, 5) is 12.9. The molecule has 3 aromatic carbocycles. The van der Waals surface area contributed by atoms with E-state index in [0.717, 1.165) is 28.8 Å². The Labute approximate surface area is 190 Å². The van der Waals surface area contributed by atoms with Gasteiger partial charge in [-0.25, -0.2) is 8.78 Å². The smallest absolute Gasteiger partial charge is 0.255 e. The van der Waals surface area contributed by atoms with E-state index >= 15 is 0 Å². The third-order valence-electron chi connectivity index (χ3n) is 5.19. The van der Waals surface area contributed by atoms with Gasteiger partial charge < -0.3 is 10.1 Å². The van der Waals surface area contributed by atoms with Gasteiger partial charge >= 0.3 is 0 Å². The molecule has 0 bridgehead atoms. The predicted molar refractivity (Wildman–Crippen MR) is 121 cm³/mol. The molecule has 0 saturated carbocycles. The lowest BCUT2D eigenvalue weighted by Gasteiger charge is -2.12. The van der Waals surface area contributed by atoms with E-state index in [1.807, 2.05) is 54.6 Å². The van der Waals surface area contributed by atoms with Crippen molar-refractivity contribution in [1.29, 1.82) is 0 Å². The summed E-state index contributed by atoms with van der Waals surface area (Å²) in [5.41, 5.74) is 3.40. The Balaban J connectivity index is 1.45. The van der Waals surface area contributed by atoms with Gasteiger partial charge in [-0.1, -0.05) is 54.6 Å². The van der Waals surface area contributed by atoms with Crippen LogP contribution in [0.25, 0.3) is 11.3 Å². The molecular weight excluding hydrogens is 424 g/mol. The normalized spacial score (nSPS) is 10.9. The Hall–Kier alpha value is -3.84. The zero-order chi connectivity index (χ0) is 23.2. The summed E-state index contributed by atoms with van der Waals surface area (Å²) in [6.07, 6.45) is 1.52. The first-order valence-corrected chi connectivity index (χ1v) is 10.5. The molecule has 0 aliphatic rings. The fraction of sp³-hybridized carbons (Fsp3) is 0.154. The van der Waals surface area contributed by atoms with Gasteiger partial charge in [-0.05, 0) is 28.8 Å². The molecule has 0 spiro atoms. The van der Waals surface area contributed by atoms with Crippen LogP contribution in [0.15, 0.2) is 79.0 Å². The topological polar surface area (TPSA) is 56.2 Å². The van der Waals surface area contributed by atoms with E-state index in [-0.39, 0.29) is 23.4 Å². The fourth-order valence-corrected chi connectivity index (χ4v) is 3.53. The predicted octanol–water partition coefficient (Wildman–Crippen LogP) is 5.01. The number of rotatable bonds is 8. The van der Waals surface area contributed by atoms with Gasteiger partial charge in [0, 0.05) is 31.4 Å². The molecule has 0 unspecified atom stereocenters. The summed E-state index contributed by atoms with van der Waals surface area (Å²) in [6, 6.07) is 20.8. The van der Waals surface area contributed by atoms with Crippen LogP contribution < -0.4 is 5.32 Å². The van der Waals surface area contributed by atoms with Gasteiger partial charge in [0.1, 0.15) is 17.3 Å². The van der Waals surface area contributed by atoms with E-state index in [4.69, 9.17) is 4.74 Å². The van der Waals surface area contributed by atoms with Crippen LogP contribution in [0.4, 0.5) is 8.78 Å². The first kappa shape index (κ1) is 22.4. The maximum atomic E-state index is 14.3. The van der Waals surface area contributed by atoms with Crippen molar-refractivity contribution in [2.75, 3.05) is 0 Å². The molecule has 0 aliphatic carbocycles. The lowest BCUT2D eigenvalue weighted by atomic mass is 10.1. The van der Waals surface area contributed by atoms with Crippen LogP contribution in [0.2, 0.25) is 0 Å². The Kier molecular flexibility index (Phi) is 6.90. The minimum atomic E-state index is -0.774. The number of hydrogen-bond donors (Lipinski definition) is 1. The van der Waals surface area contributed by atoms with Crippen LogP contribution >= 0.6 is 0 Å². The number of nitrogens with one attached hydrogen (secondary N) is 1. The van der Waals surface area contributed by atoms with Gasteiger partial charge in [0.15, 0.2) is 0 Å². The first-order valence-electron chi connectivity index (χ1n) is 10.5. The monoisotopic (exact) mass is 447 g/mol. The summed E-state index contributed by atoms with van der Waals surface area (Å²) in [5, 5.41) is 7.08. The molecule has 0 aliphatic heterocycles. The number of benzene rings is 3. The van der Waals surface area contributed by atoms with E-state index in [1.54, 1.807) is 7.05 Å². The number of amides is 1. The molecule has 5 nitrogen and oxygen atoms in total. The van der Waals surface area contributed by atoms with Crippen LogP contribution in [0.1, 0.15) is 27.0 Å². The molecule has 0 atom stereocenters. The van der Waals surface area contributed by atoms with Crippen molar-refractivity contribution in [3.8, 4) is 11.3 Å². The van der Waals surface area contributed by atoms with Crippen LogP contribution in [0.3, 0.4) is 0 Å². The minimum absolute atomic E-state index is 0.0665. The molecule has 7 heteroatoms. The Morgan fingerprint density at radius 2 is 1.70 bits per heavy atom. The third kappa shape index (κ3) is 5.51. The zero-order valence-electron chi connectivity index (χ0n) is 18.1. The van der Waals surface area contributed by atoms with Crippen molar-refractivity contribution in [3.63, 3.8) is 0 Å². The first-order chi connectivity index (χ1) is 16.0. The molecule has 0 saturated heterocycles. The van der Waals surface area contributed by atoms with E-state index in [2.05, 4.69) is 10.4 Å². The molecule has 1 heterocycles. The van der Waals surface area contributed by atoms with Gasteiger partial charge in [-0.15, -0.1) is 0 Å². The van der Waals surface area contributed by atoms with Crippen molar-refractivity contribution in [3.05, 3.63) is 113 Å². The number of carbonyl (C=O) groups is 1. The van der Waals surface area contributed by atoms with Crippen LogP contribution in [-0.4, -0.2) is 15.7 Å². The lowest BCUT2D eigenvalue weighted by Crippen LogP contribution is -2.23. The Morgan fingerprint density at radius 1 is 0.970 bits per heavy atom. The highest BCUT2D eigenvalue weighted by molar-refractivity contribution is 5.99. The number of halogens is 2. The molecule has 0 radical (unpaired) electrons. The maximum absolute atomic E-state index is 14.3. The standard InChI is InChI=1S/C26H23F2N3O2/c1-31-15-23(25(30-31)22-12-11-21(27)13-24(22)28)26(32)29-14-19-9-5-6-10-20(19)17-33-16-18-7-3-2-4-8-18/h2-13,15H,14,16-17H2,1H3,(H,29,32). The second-order valence-electron chi connectivity index (χ2n) is 7.62. The molecule has 168 valence electrons. The number of hydrogen-bond acceptors (Lipinski definition) is 3. The molecular formula is C26H23F2N3O2. The van der Waals surface area contributed by atoms with Crippen molar-refractivity contribution in [2.45, 2.75) is 19.8 Å². The molecule has 4 rings (SSSR count). The number of nitrogens with zero attached hydrogens (tertiary/aromatic N) is 2. The average Bonchev–Trinajstić information content (AvgIpc) is 3.20. The summed E-state index contributed by atoms with van der Waals surface area (Å²) in [5.74, 6) is -1.87. The molecule has 0 fully saturated rings. The number of aryl methyl sites for hydroxylation is 1. The average molecular weight is 447 g/mol. The van der Waals surface area contributed by atoms with E-state index in [9.17, 15) is 13.6 Å². The minimum Gasteiger partial charge on any atom is -0.372 e. The molecule has 33 heavy (non-hydrogen) atoms. The second kappa shape index (κ2) is 10.2. The van der Waals surface area contributed by atoms with Gasteiger partial charge in [0.05, 0.1) is 18.8 Å². The van der Waals surface area contributed by atoms with E-state index in [1.165, 1.54) is 16.9 Å². The third-order valence-corrected chi connectivity index (χ3v) is 5.19. The number of carbonyl (C=O) groups excluding carboxylic acids is 1. The summed E-state index contributed by atoms with van der Waals surface area (Å²) in [7, 11) is 1.64. The SMILES string of the molecule is Cn1cc(C(=O)NCc2ccccc2COCc2ccccc2)c(-c2ccc(F)cc2F)n1. The fourth-order valence-electron chi connectivity index (χ4n) is 3.53. The zero-order valence-corrected chi connectivity index (χ0v) is 18.1. The van der Waals surface area contributed by atoms with Gasteiger partial charge in [0.25, 0.3) is 5.91 Å². The van der Waals surface area contributed by atoms with Crippen molar-refractivity contribution in [2.24, 2.45) is 7.05 Å². The maximum Gasteiger partial charge on any atom is 0.255 e. The molecule has 1 aromatic heterocycles. The Bertz CT molecular complexity index is 1260. The summed E-state index contributed by atoms with van der Waals surface area (Å²) >= 11 is 0. The lowest BCUT2D eigenvalue weighted by molar-refractivity contribution is 0.0948. The second-order valence-corrected chi connectivity index (χ2v) is 7.62. The van der Waals surface area contributed by atoms with Crippen molar-refractivity contribution >= 4 is 5.91 Å². The molecule has 1 amide bonds. The summed E-state index contributed by atoms with van der Waals surface area (Å²) in [6.45, 7) is 1.16. The van der Waals surface area contributed by atoms with Gasteiger partial charge in [0.2, 0.25) is 0 Å². The van der Waals surface area contributed by atoms with Gasteiger partial charge in [-0.2, -0.15) is 5.10 Å². The van der Waals surface area contributed by atoms with Crippen LogP contribution in [-0.2, 0) is 31.5 Å². The van der Waals surface area contributed by atoms with Crippen molar-refractivity contribution in [1.82, 2.24) is 15.1 Å². The molecule has 4 aromatic rings. The van der Waals surface area contributed by atoms with Gasteiger partial charge in [-0.3, -0.25) is 9.48 Å². The van der Waals surface area contributed by atoms with E-state index < -0.39 is 17.5 Å². The number of aromatic nitrogens is 2. The highest BCUT2D eigenvalue weighted by Gasteiger charge is 2.20. The highest BCUT2D eigenvalue weighted by Crippen LogP contribution is 2.25. The summed E-state index contributed by atoms with van der Waals surface area (Å²) < 4.78 is 34.9. The van der Waals surface area contributed by atoms with Crippen LogP contribution in [0.5, 0.6) is 0 Å². The Morgan fingerprint density at radius 3 is 2.45 bits per heavy atom. The number of ether oxygens (including phenoxy) is 1. The highest BCUT2D eigenvalue weighted by atomic mass is 19.1. The van der Waals surface area contributed by atoms with Crippen molar-refractivity contribution < 1.29 is 18.3 Å². The van der Waals surface area contributed by atoms with E-state index in [0.29, 0.717) is 13.2 Å². The quantitative estimate of drug-likeness (QED) is 0.413.